The van der Waals surface area contributed by atoms with Gasteiger partial charge in [0.05, 0.1) is 12.3 Å². The summed E-state index contributed by atoms with van der Waals surface area (Å²) in [6.07, 6.45) is 5.92. The molecule has 0 amide bonds. The fraction of sp³-hybridized carbons (Fsp3) is 0.500. The molecule has 2 heterocycles. The lowest BCUT2D eigenvalue weighted by Crippen LogP contribution is -2.57. The molecule has 1 aliphatic carbocycles. The molecule has 1 aliphatic rings. The van der Waals surface area contributed by atoms with Gasteiger partial charge in [-0.15, -0.1) is 0 Å². The van der Waals surface area contributed by atoms with E-state index in [1.807, 2.05) is 20.8 Å². The molecule has 0 aliphatic heterocycles. The molecule has 0 unspecified atom stereocenters. The predicted molar refractivity (Wildman–Crippen MR) is 97.3 cm³/mol. The monoisotopic (exact) mass is 353 g/mol. The molecule has 2 atom stereocenters. The summed E-state index contributed by atoms with van der Waals surface area (Å²) in [5, 5.41) is 25.7. The quantitative estimate of drug-likeness (QED) is 0.720. The van der Waals surface area contributed by atoms with Crippen molar-refractivity contribution in [2.75, 3.05) is 10.6 Å². The highest BCUT2D eigenvalue weighted by Gasteiger charge is 2.47. The first-order valence-corrected chi connectivity index (χ1v) is 8.69. The SMILES string of the molecule is CCc1ncncc1CNc1ncc(C#N)c(N[C@H]2C[C@@H](O)C2(C)C)n1. The van der Waals surface area contributed by atoms with E-state index < -0.39 is 0 Å². The zero-order valence-corrected chi connectivity index (χ0v) is 15.2. The van der Waals surface area contributed by atoms with Gasteiger partial charge in [0.1, 0.15) is 23.8 Å². The molecule has 136 valence electrons. The predicted octanol–water partition coefficient (Wildman–Crippen LogP) is 1.88. The minimum atomic E-state index is -0.351. The van der Waals surface area contributed by atoms with E-state index in [4.69, 9.17) is 0 Å². The van der Waals surface area contributed by atoms with E-state index in [1.54, 1.807) is 6.20 Å². The molecule has 0 bridgehead atoms. The van der Waals surface area contributed by atoms with Crippen molar-refractivity contribution in [2.24, 2.45) is 5.41 Å². The van der Waals surface area contributed by atoms with Crippen LogP contribution < -0.4 is 10.6 Å². The molecule has 8 heteroatoms. The van der Waals surface area contributed by atoms with Crippen LogP contribution in [-0.4, -0.2) is 37.2 Å². The van der Waals surface area contributed by atoms with Gasteiger partial charge in [0, 0.05) is 35.5 Å². The fourth-order valence-electron chi connectivity index (χ4n) is 3.00. The molecule has 3 N–H and O–H groups in total. The summed E-state index contributed by atoms with van der Waals surface area (Å²) in [6, 6.07) is 2.17. The zero-order chi connectivity index (χ0) is 18.7. The van der Waals surface area contributed by atoms with Crippen molar-refractivity contribution in [3.8, 4) is 6.07 Å². The van der Waals surface area contributed by atoms with Gasteiger partial charge in [-0.1, -0.05) is 20.8 Å². The first kappa shape index (κ1) is 18.0. The number of aliphatic hydroxyl groups is 1. The Morgan fingerprint density at radius 1 is 1.35 bits per heavy atom. The maximum atomic E-state index is 9.90. The lowest BCUT2D eigenvalue weighted by Gasteiger charge is -2.49. The average Bonchev–Trinajstić information content (AvgIpc) is 2.66. The second-order valence-corrected chi connectivity index (χ2v) is 7.04. The average molecular weight is 353 g/mol. The normalized spacial score (nSPS) is 20.7. The third-order valence-corrected chi connectivity index (χ3v) is 5.09. The van der Waals surface area contributed by atoms with Gasteiger partial charge < -0.3 is 15.7 Å². The van der Waals surface area contributed by atoms with Crippen molar-refractivity contribution in [2.45, 2.75) is 52.3 Å². The smallest absolute Gasteiger partial charge is 0.224 e. The van der Waals surface area contributed by atoms with E-state index in [1.165, 1.54) is 12.5 Å². The summed E-state index contributed by atoms with van der Waals surface area (Å²) in [7, 11) is 0. The highest BCUT2D eigenvalue weighted by Crippen LogP contribution is 2.42. The molecule has 8 nitrogen and oxygen atoms in total. The number of nitrogens with one attached hydrogen (secondary N) is 2. The Hall–Kier alpha value is -2.79. The van der Waals surface area contributed by atoms with Crippen molar-refractivity contribution >= 4 is 11.8 Å². The summed E-state index contributed by atoms with van der Waals surface area (Å²) in [6.45, 7) is 6.53. The Labute approximate surface area is 152 Å². The van der Waals surface area contributed by atoms with Gasteiger partial charge in [0.15, 0.2) is 0 Å². The van der Waals surface area contributed by atoms with Crippen molar-refractivity contribution in [1.82, 2.24) is 19.9 Å². The van der Waals surface area contributed by atoms with Crippen LogP contribution in [0.3, 0.4) is 0 Å². The van der Waals surface area contributed by atoms with Gasteiger partial charge in [-0.3, -0.25) is 0 Å². The molecular weight excluding hydrogens is 330 g/mol. The molecule has 0 spiro atoms. The molecule has 0 aromatic carbocycles. The minimum Gasteiger partial charge on any atom is -0.392 e. The van der Waals surface area contributed by atoms with Gasteiger partial charge in [0.25, 0.3) is 0 Å². The maximum Gasteiger partial charge on any atom is 0.224 e. The third kappa shape index (κ3) is 3.44. The van der Waals surface area contributed by atoms with Crippen LogP contribution >= 0.6 is 0 Å². The molecule has 2 aromatic heterocycles. The number of anilines is 2. The van der Waals surface area contributed by atoms with E-state index in [0.29, 0.717) is 30.3 Å². The first-order chi connectivity index (χ1) is 12.5. The van der Waals surface area contributed by atoms with E-state index in [-0.39, 0.29) is 17.6 Å². The second kappa shape index (κ2) is 7.22. The number of hydrogen-bond donors (Lipinski definition) is 3. The van der Waals surface area contributed by atoms with E-state index in [0.717, 1.165) is 17.7 Å². The van der Waals surface area contributed by atoms with Crippen LogP contribution in [0.25, 0.3) is 0 Å². The van der Waals surface area contributed by atoms with Crippen LogP contribution in [0.15, 0.2) is 18.7 Å². The number of aryl methyl sites for hydroxylation is 1. The van der Waals surface area contributed by atoms with E-state index in [2.05, 4.69) is 36.6 Å². The van der Waals surface area contributed by atoms with Crippen LogP contribution in [0.1, 0.15) is 44.0 Å². The van der Waals surface area contributed by atoms with E-state index >= 15 is 0 Å². The fourth-order valence-corrected chi connectivity index (χ4v) is 3.00. The highest BCUT2D eigenvalue weighted by atomic mass is 16.3. The van der Waals surface area contributed by atoms with Crippen LogP contribution in [0.4, 0.5) is 11.8 Å². The summed E-state index contributed by atoms with van der Waals surface area (Å²) < 4.78 is 0. The molecular formula is C18H23N7O. The first-order valence-electron chi connectivity index (χ1n) is 8.69. The molecule has 2 aromatic rings. The summed E-state index contributed by atoms with van der Waals surface area (Å²) >= 11 is 0. The molecule has 0 radical (unpaired) electrons. The Kier molecular flexibility index (Phi) is 5.00. The Bertz CT molecular complexity index is 831. The van der Waals surface area contributed by atoms with Crippen molar-refractivity contribution < 1.29 is 5.11 Å². The summed E-state index contributed by atoms with van der Waals surface area (Å²) in [5.74, 6) is 0.907. The number of nitriles is 1. The molecule has 3 rings (SSSR count). The minimum absolute atomic E-state index is 0.0570. The summed E-state index contributed by atoms with van der Waals surface area (Å²) in [5.41, 5.74) is 2.08. The number of aliphatic hydroxyl groups excluding tert-OH is 1. The Morgan fingerprint density at radius 3 is 2.81 bits per heavy atom. The largest absolute Gasteiger partial charge is 0.392 e. The van der Waals surface area contributed by atoms with Gasteiger partial charge in [-0.05, 0) is 12.8 Å². The number of rotatable bonds is 6. The topological polar surface area (TPSA) is 120 Å². The number of aromatic nitrogens is 4. The van der Waals surface area contributed by atoms with Crippen molar-refractivity contribution in [3.05, 3.63) is 35.5 Å². The third-order valence-electron chi connectivity index (χ3n) is 5.09. The zero-order valence-electron chi connectivity index (χ0n) is 15.2. The van der Waals surface area contributed by atoms with Gasteiger partial charge in [-0.25, -0.2) is 15.0 Å². The lowest BCUT2D eigenvalue weighted by atomic mass is 9.64. The van der Waals surface area contributed by atoms with Crippen LogP contribution in [-0.2, 0) is 13.0 Å². The Balaban J connectivity index is 1.74. The second-order valence-electron chi connectivity index (χ2n) is 7.04. The van der Waals surface area contributed by atoms with Gasteiger partial charge in [-0.2, -0.15) is 10.2 Å². The van der Waals surface area contributed by atoms with Gasteiger partial charge >= 0.3 is 0 Å². The van der Waals surface area contributed by atoms with Gasteiger partial charge in [0.2, 0.25) is 5.95 Å². The molecule has 26 heavy (non-hydrogen) atoms. The maximum absolute atomic E-state index is 9.90. The van der Waals surface area contributed by atoms with Crippen LogP contribution in [0, 0.1) is 16.7 Å². The van der Waals surface area contributed by atoms with Crippen LogP contribution in [0.2, 0.25) is 0 Å². The summed E-state index contributed by atoms with van der Waals surface area (Å²) in [4.78, 5) is 17.0. The number of nitrogens with zero attached hydrogens (tertiary/aromatic N) is 5. The van der Waals surface area contributed by atoms with Crippen molar-refractivity contribution in [1.29, 1.82) is 5.26 Å². The highest BCUT2D eigenvalue weighted by molar-refractivity contribution is 5.54. The standard InChI is InChI=1S/C18H23N7O/c1-4-13-12(7-20-10-23-13)9-22-17-21-8-11(6-19)16(25-17)24-14-5-15(26)18(14,2)3/h7-8,10,14-15,26H,4-5,9H2,1-3H3,(H2,21,22,24,25)/t14-,15+/m0/s1. The molecule has 0 saturated heterocycles. The molecule has 1 fully saturated rings. The Morgan fingerprint density at radius 2 is 2.15 bits per heavy atom. The van der Waals surface area contributed by atoms with Crippen molar-refractivity contribution in [3.63, 3.8) is 0 Å². The molecule has 1 saturated carbocycles. The lowest BCUT2D eigenvalue weighted by molar-refractivity contribution is -0.0511. The van der Waals surface area contributed by atoms with E-state index in [9.17, 15) is 10.4 Å². The number of hydrogen-bond acceptors (Lipinski definition) is 8. The van der Waals surface area contributed by atoms with Crippen LogP contribution in [0.5, 0.6) is 0 Å².